The Labute approximate surface area is 150 Å². The van der Waals surface area contributed by atoms with Crippen molar-refractivity contribution in [3.05, 3.63) is 45.9 Å². The smallest absolute Gasteiger partial charge is 0.257 e. The molecule has 0 saturated carbocycles. The van der Waals surface area contributed by atoms with Crippen LogP contribution < -0.4 is 15.6 Å². The van der Waals surface area contributed by atoms with Crippen molar-refractivity contribution < 1.29 is 9.53 Å². The molecule has 3 rings (SSSR count). The number of amides is 1. The SMILES string of the molecule is CCc1c(C)nc2n(c1=O)C(CC(=O)Nc1ccc(OC)cc1)CS2. The zero-order chi connectivity index (χ0) is 18.0. The van der Waals surface area contributed by atoms with Crippen molar-refractivity contribution in [2.45, 2.75) is 37.9 Å². The minimum absolute atomic E-state index is 0.0164. The van der Waals surface area contributed by atoms with Crippen LogP contribution in [-0.4, -0.2) is 28.3 Å². The molecule has 1 atom stereocenters. The zero-order valence-electron chi connectivity index (χ0n) is 14.5. The second-order valence-corrected chi connectivity index (χ2v) is 6.92. The van der Waals surface area contributed by atoms with Gasteiger partial charge in [0, 0.05) is 29.1 Å². The second kappa shape index (κ2) is 7.31. The third-order valence-corrected chi connectivity index (χ3v) is 5.40. The van der Waals surface area contributed by atoms with Crippen LogP contribution in [0.5, 0.6) is 5.75 Å². The predicted octanol–water partition coefficient (Wildman–Crippen LogP) is 2.80. The van der Waals surface area contributed by atoms with Gasteiger partial charge in [0.2, 0.25) is 5.91 Å². The summed E-state index contributed by atoms with van der Waals surface area (Å²) in [5, 5.41) is 3.58. The molecule has 0 fully saturated rings. The number of aromatic nitrogens is 2. The number of nitrogens with zero attached hydrogens (tertiary/aromatic N) is 2. The van der Waals surface area contributed by atoms with Crippen molar-refractivity contribution in [2.75, 3.05) is 18.2 Å². The van der Waals surface area contributed by atoms with Crippen LogP contribution in [0.1, 0.15) is 30.6 Å². The van der Waals surface area contributed by atoms with Gasteiger partial charge in [-0.25, -0.2) is 4.98 Å². The van der Waals surface area contributed by atoms with Gasteiger partial charge in [-0.3, -0.25) is 14.2 Å². The highest BCUT2D eigenvalue weighted by Crippen LogP contribution is 2.32. The number of fused-ring (bicyclic) bond motifs is 1. The minimum Gasteiger partial charge on any atom is -0.497 e. The van der Waals surface area contributed by atoms with Crippen LogP contribution in [0.2, 0.25) is 0 Å². The molecule has 0 saturated heterocycles. The van der Waals surface area contributed by atoms with E-state index in [0.717, 1.165) is 17.0 Å². The molecule has 0 spiro atoms. The molecule has 1 amide bonds. The van der Waals surface area contributed by atoms with E-state index in [4.69, 9.17) is 4.74 Å². The number of carbonyl (C=O) groups is 1. The number of rotatable bonds is 5. The fourth-order valence-electron chi connectivity index (χ4n) is 2.98. The Balaban J connectivity index is 1.75. The number of thioether (sulfide) groups is 1. The number of ether oxygens (including phenoxy) is 1. The van der Waals surface area contributed by atoms with Gasteiger partial charge >= 0.3 is 0 Å². The minimum atomic E-state index is -0.163. The van der Waals surface area contributed by atoms with E-state index in [-0.39, 0.29) is 23.9 Å². The Hall–Kier alpha value is -2.28. The van der Waals surface area contributed by atoms with E-state index in [0.29, 0.717) is 23.0 Å². The fourth-order valence-corrected chi connectivity index (χ4v) is 4.16. The fraction of sp³-hybridized carbons (Fsp3) is 0.389. The Kier molecular flexibility index (Phi) is 5.13. The first kappa shape index (κ1) is 17.5. The second-order valence-electron chi connectivity index (χ2n) is 5.93. The lowest BCUT2D eigenvalue weighted by Crippen LogP contribution is -2.30. The molecule has 2 heterocycles. The molecule has 0 bridgehead atoms. The maximum Gasteiger partial charge on any atom is 0.257 e. The van der Waals surface area contributed by atoms with E-state index in [2.05, 4.69) is 10.3 Å². The molecule has 1 aromatic heterocycles. The van der Waals surface area contributed by atoms with Crippen LogP contribution in [0.4, 0.5) is 5.69 Å². The first-order valence-corrected chi connectivity index (χ1v) is 9.20. The highest BCUT2D eigenvalue weighted by molar-refractivity contribution is 7.99. The summed E-state index contributed by atoms with van der Waals surface area (Å²) in [6, 6.07) is 7.01. The van der Waals surface area contributed by atoms with E-state index in [1.165, 1.54) is 11.8 Å². The number of anilines is 1. The lowest BCUT2D eigenvalue weighted by molar-refractivity contribution is -0.116. The van der Waals surface area contributed by atoms with Gasteiger partial charge in [-0.05, 0) is 37.6 Å². The van der Waals surface area contributed by atoms with Crippen LogP contribution in [0.3, 0.4) is 0 Å². The van der Waals surface area contributed by atoms with Crippen molar-refractivity contribution >= 4 is 23.4 Å². The third-order valence-electron chi connectivity index (χ3n) is 4.30. The van der Waals surface area contributed by atoms with Crippen LogP contribution in [0, 0.1) is 6.92 Å². The summed E-state index contributed by atoms with van der Waals surface area (Å²) in [5.41, 5.74) is 2.21. The largest absolute Gasteiger partial charge is 0.497 e. The third kappa shape index (κ3) is 3.56. The molecule has 25 heavy (non-hydrogen) atoms. The summed E-state index contributed by atoms with van der Waals surface area (Å²) < 4.78 is 6.79. The number of hydrogen-bond acceptors (Lipinski definition) is 5. The molecule has 132 valence electrons. The number of aryl methyl sites for hydroxylation is 1. The molecule has 2 aromatic rings. The molecule has 0 aliphatic carbocycles. The Morgan fingerprint density at radius 2 is 2.12 bits per heavy atom. The van der Waals surface area contributed by atoms with E-state index >= 15 is 0 Å². The normalized spacial score (nSPS) is 15.7. The number of nitrogens with one attached hydrogen (secondary N) is 1. The van der Waals surface area contributed by atoms with Gasteiger partial charge in [0.25, 0.3) is 5.56 Å². The quantitative estimate of drug-likeness (QED) is 0.831. The monoisotopic (exact) mass is 359 g/mol. The molecule has 1 unspecified atom stereocenters. The maximum atomic E-state index is 12.7. The van der Waals surface area contributed by atoms with Gasteiger partial charge in [0.15, 0.2) is 5.16 Å². The molecule has 7 heteroatoms. The molecule has 1 aliphatic heterocycles. The number of benzene rings is 1. The zero-order valence-corrected chi connectivity index (χ0v) is 15.4. The van der Waals surface area contributed by atoms with Crippen molar-refractivity contribution in [3.8, 4) is 5.75 Å². The van der Waals surface area contributed by atoms with Gasteiger partial charge < -0.3 is 10.1 Å². The molecule has 1 aliphatic rings. The molecule has 1 N–H and O–H groups in total. The van der Waals surface area contributed by atoms with Gasteiger partial charge in [-0.1, -0.05) is 18.7 Å². The summed E-state index contributed by atoms with van der Waals surface area (Å²) >= 11 is 1.53. The van der Waals surface area contributed by atoms with Crippen LogP contribution in [-0.2, 0) is 11.2 Å². The van der Waals surface area contributed by atoms with Crippen molar-refractivity contribution in [1.29, 1.82) is 0 Å². The van der Waals surface area contributed by atoms with Crippen molar-refractivity contribution in [3.63, 3.8) is 0 Å². The topological polar surface area (TPSA) is 73.2 Å². The Morgan fingerprint density at radius 3 is 2.76 bits per heavy atom. The van der Waals surface area contributed by atoms with Gasteiger partial charge in [-0.2, -0.15) is 0 Å². The molecular formula is C18H21N3O3S. The standard InChI is InChI=1S/C18H21N3O3S/c1-4-15-11(2)19-18-21(17(15)23)13(10-25-18)9-16(22)20-12-5-7-14(24-3)8-6-12/h5-8,13H,4,9-10H2,1-3H3,(H,20,22). The van der Waals surface area contributed by atoms with E-state index < -0.39 is 0 Å². The first-order chi connectivity index (χ1) is 12.0. The van der Waals surface area contributed by atoms with Gasteiger partial charge in [-0.15, -0.1) is 0 Å². The average molecular weight is 359 g/mol. The average Bonchev–Trinajstić information content (AvgIpc) is 2.98. The van der Waals surface area contributed by atoms with Gasteiger partial charge in [0.05, 0.1) is 13.2 Å². The van der Waals surface area contributed by atoms with Crippen molar-refractivity contribution in [2.24, 2.45) is 0 Å². The number of carbonyl (C=O) groups excluding carboxylic acids is 1. The summed E-state index contributed by atoms with van der Waals surface area (Å²) in [7, 11) is 1.60. The van der Waals surface area contributed by atoms with Crippen molar-refractivity contribution in [1.82, 2.24) is 9.55 Å². The lowest BCUT2D eigenvalue weighted by Gasteiger charge is -2.15. The number of hydrogen-bond donors (Lipinski definition) is 1. The van der Waals surface area contributed by atoms with Crippen LogP contribution in [0.25, 0.3) is 0 Å². The van der Waals surface area contributed by atoms with Crippen LogP contribution in [0.15, 0.2) is 34.2 Å². The Bertz CT molecular complexity index is 846. The maximum absolute atomic E-state index is 12.7. The molecule has 1 aromatic carbocycles. The van der Waals surface area contributed by atoms with Crippen LogP contribution >= 0.6 is 11.8 Å². The number of methoxy groups -OCH3 is 1. The highest BCUT2D eigenvalue weighted by atomic mass is 32.2. The summed E-state index contributed by atoms with van der Waals surface area (Å²) in [5.74, 6) is 1.30. The summed E-state index contributed by atoms with van der Waals surface area (Å²) in [6.45, 7) is 3.82. The molecular weight excluding hydrogens is 338 g/mol. The first-order valence-electron chi connectivity index (χ1n) is 8.22. The lowest BCUT2D eigenvalue weighted by atomic mass is 10.1. The highest BCUT2D eigenvalue weighted by Gasteiger charge is 2.28. The van der Waals surface area contributed by atoms with E-state index in [1.54, 1.807) is 35.9 Å². The molecule has 0 radical (unpaired) electrons. The summed E-state index contributed by atoms with van der Waals surface area (Å²) in [4.78, 5) is 29.6. The van der Waals surface area contributed by atoms with Gasteiger partial charge in [0.1, 0.15) is 5.75 Å². The van der Waals surface area contributed by atoms with E-state index in [9.17, 15) is 9.59 Å². The van der Waals surface area contributed by atoms with E-state index in [1.807, 2.05) is 13.8 Å². The molecule has 6 nitrogen and oxygen atoms in total. The Morgan fingerprint density at radius 1 is 1.40 bits per heavy atom. The summed E-state index contributed by atoms with van der Waals surface area (Å²) in [6.07, 6.45) is 0.896. The predicted molar refractivity (Wildman–Crippen MR) is 98.6 cm³/mol.